The van der Waals surface area contributed by atoms with Crippen molar-refractivity contribution in [3.05, 3.63) is 70.0 Å². The number of rotatable bonds is 5. The van der Waals surface area contributed by atoms with Crippen molar-refractivity contribution >= 4 is 34.3 Å². The lowest BCUT2D eigenvalue weighted by molar-refractivity contribution is 0.297. The van der Waals surface area contributed by atoms with Crippen LogP contribution in [0.3, 0.4) is 0 Å². The van der Waals surface area contributed by atoms with Gasteiger partial charge < -0.3 is 9.47 Å². The number of fused-ring (bicyclic) bond motifs is 2. The predicted octanol–water partition coefficient (Wildman–Crippen LogP) is 4.69. The summed E-state index contributed by atoms with van der Waals surface area (Å²) in [6.07, 6.45) is 2.52. The first-order chi connectivity index (χ1) is 13.7. The van der Waals surface area contributed by atoms with E-state index in [1.807, 2.05) is 30.3 Å². The van der Waals surface area contributed by atoms with E-state index in [0.717, 1.165) is 12.0 Å². The number of halogens is 1. The lowest BCUT2D eigenvalue weighted by Gasteiger charge is -2.13. The summed E-state index contributed by atoms with van der Waals surface area (Å²) in [5.41, 5.74) is 1.60. The summed E-state index contributed by atoms with van der Waals surface area (Å²) < 4.78 is 13.1. The SMILES string of the molecule is C=CCn1c(SCc2cc(Cl)c3c(c2)OCCCO3)nc2ccccc2c1=O. The van der Waals surface area contributed by atoms with E-state index < -0.39 is 0 Å². The van der Waals surface area contributed by atoms with Gasteiger partial charge in [0.05, 0.1) is 29.1 Å². The molecule has 0 radical (unpaired) electrons. The summed E-state index contributed by atoms with van der Waals surface area (Å²) in [5, 5.41) is 1.78. The second-order valence-electron chi connectivity index (χ2n) is 6.36. The van der Waals surface area contributed by atoms with Gasteiger partial charge in [0, 0.05) is 18.7 Å². The van der Waals surface area contributed by atoms with Crippen LogP contribution in [0.4, 0.5) is 0 Å². The Labute approximate surface area is 171 Å². The fourth-order valence-electron chi connectivity index (χ4n) is 3.06. The highest BCUT2D eigenvalue weighted by Gasteiger charge is 2.17. The normalized spacial score (nSPS) is 13.3. The molecule has 0 N–H and O–H groups in total. The van der Waals surface area contributed by atoms with E-state index in [4.69, 9.17) is 21.1 Å². The standard InChI is InChI=1S/C21H19ClN2O3S/c1-2-8-24-20(25)15-6-3-4-7-17(15)23-21(24)28-13-14-11-16(22)19-18(12-14)26-9-5-10-27-19/h2-4,6-7,11-12H,1,5,8-10,13H2. The van der Waals surface area contributed by atoms with E-state index in [1.54, 1.807) is 16.7 Å². The number of hydrogen-bond acceptors (Lipinski definition) is 5. The molecule has 1 aliphatic rings. The fraction of sp³-hybridized carbons (Fsp3) is 0.238. The third kappa shape index (κ3) is 3.75. The van der Waals surface area contributed by atoms with Gasteiger partial charge in [-0.3, -0.25) is 9.36 Å². The molecule has 1 aromatic heterocycles. The Morgan fingerprint density at radius 3 is 2.93 bits per heavy atom. The maximum Gasteiger partial charge on any atom is 0.262 e. The summed E-state index contributed by atoms with van der Waals surface area (Å²) in [7, 11) is 0. The van der Waals surface area contributed by atoms with E-state index in [1.165, 1.54) is 11.8 Å². The molecule has 0 atom stereocenters. The molecule has 2 heterocycles. The van der Waals surface area contributed by atoms with Crippen LogP contribution in [0.15, 0.2) is 59.0 Å². The third-order valence-electron chi connectivity index (χ3n) is 4.37. The maximum atomic E-state index is 12.8. The van der Waals surface area contributed by atoms with Gasteiger partial charge in [0.1, 0.15) is 0 Å². The van der Waals surface area contributed by atoms with Crippen molar-refractivity contribution in [1.29, 1.82) is 0 Å². The first-order valence-corrected chi connectivity index (χ1v) is 10.3. The van der Waals surface area contributed by atoms with Crippen molar-refractivity contribution in [2.24, 2.45) is 0 Å². The third-order valence-corrected chi connectivity index (χ3v) is 5.70. The van der Waals surface area contributed by atoms with Crippen LogP contribution in [0.2, 0.25) is 5.02 Å². The Balaban J connectivity index is 1.66. The number of allylic oxidation sites excluding steroid dienone is 1. The molecule has 0 bridgehead atoms. The largest absolute Gasteiger partial charge is 0.489 e. The first kappa shape index (κ1) is 18.9. The van der Waals surface area contributed by atoms with E-state index >= 15 is 0 Å². The summed E-state index contributed by atoms with van der Waals surface area (Å²) in [6.45, 7) is 5.36. The molecule has 144 valence electrons. The van der Waals surface area contributed by atoms with Gasteiger partial charge in [0.15, 0.2) is 16.7 Å². The molecule has 1 aliphatic heterocycles. The Kier molecular flexibility index (Phi) is 5.59. The Bertz CT molecular complexity index is 1100. The van der Waals surface area contributed by atoms with Gasteiger partial charge in [-0.15, -0.1) is 6.58 Å². The minimum atomic E-state index is -0.0651. The number of benzene rings is 2. The van der Waals surface area contributed by atoms with Crippen LogP contribution in [-0.2, 0) is 12.3 Å². The average Bonchev–Trinajstić information content (AvgIpc) is 2.95. The molecule has 4 rings (SSSR count). The number of nitrogens with zero attached hydrogens (tertiary/aromatic N) is 2. The zero-order valence-corrected chi connectivity index (χ0v) is 16.8. The van der Waals surface area contributed by atoms with Gasteiger partial charge in [-0.25, -0.2) is 4.98 Å². The highest BCUT2D eigenvalue weighted by molar-refractivity contribution is 7.98. The van der Waals surface area contributed by atoms with Crippen LogP contribution in [0.25, 0.3) is 10.9 Å². The summed E-state index contributed by atoms with van der Waals surface area (Å²) in [5.74, 6) is 1.86. The smallest absolute Gasteiger partial charge is 0.262 e. The highest BCUT2D eigenvalue weighted by Crippen LogP contribution is 2.39. The quantitative estimate of drug-likeness (QED) is 0.344. The predicted molar refractivity (Wildman–Crippen MR) is 113 cm³/mol. The number of hydrogen-bond donors (Lipinski definition) is 0. The zero-order chi connectivity index (χ0) is 19.5. The molecule has 0 spiro atoms. The summed E-state index contributed by atoms with van der Waals surface area (Å²) in [6, 6.07) is 11.2. The van der Waals surface area contributed by atoms with E-state index in [-0.39, 0.29) is 5.56 Å². The molecule has 0 saturated carbocycles. The Hall–Kier alpha value is -2.44. The molecule has 7 heteroatoms. The number of ether oxygens (including phenoxy) is 2. The van der Waals surface area contributed by atoms with Crippen molar-refractivity contribution in [2.45, 2.75) is 23.9 Å². The first-order valence-electron chi connectivity index (χ1n) is 8.98. The van der Waals surface area contributed by atoms with Gasteiger partial charge in [-0.2, -0.15) is 0 Å². The second-order valence-corrected chi connectivity index (χ2v) is 7.71. The van der Waals surface area contributed by atoms with Crippen LogP contribution >= 0.6 is 23.4 Å². The molecule has 28 heavy (non-hydrogen) atoms. The molecule has 0 unspecified atom stereocenters. The Morgan fingerprint density at radius 2 is 2.07 bits per heavy atom. The van der Waals surface area contributed by atoms with Gasteiger partial charge >= 0.3 is 0 Å². The topological polar surface area (TPSA) is 53.4 Å². The molecule has 3 aromatic rings. The number of thioether (sulfide) groups is 1. The van der Waals surface area contributed by atoms with Gasteiger partial charge in [-0.1, -0.05) is 41.6 Å². The molecular weight excluding hydrogens is 396 g/mol. The molecule has 0 saturated heterocycles. The highest BCUT2D eigenvalue weighted by atomic mass is 35.5. The zero-order valence-electron chi connectivity index (χ0n) is 15.2. The molecule has 5 nitrogen and oxygen atoms in total. The molecule has 0 amide bonds. The maximum absolute atomic E-state index is 12.8. The molecule has 2 aromatic carbocycles. The van der Waals surface area contributed by atoms with Crippen molar-refractivity contribution in [3.63, 3.8) is 0 Å². The molecule has 0 fully saturated rings. The van der Waals surface area contributed by atoms with Crippen LogP contribution < -0.4 is 15.0 Å². The Morgan fingerprint density at radius 1 is 1.25 bits per heavy atom. The van der Waals surface area contributed by atoms with Crippen molar-refractivity contribution < 1.29 is 9.47 Å². The van der Waals surface area contributed by atoms with Crippen LogP contribution in [0.1, 0.15) is 12.0 Å². The lowest BCUT2D eigenvalue weighted by atomic mass is 10.2. The van der Waals surface area contributed by atoms with E-state index in [9.17, 15) is 4.79 Å². The van der Waals surface area contributed by atoms with E-state index in [2.05, 4.69) is 11.6 Å². The molecule has 0 aliphatic carbocycles. The van der Waals surface area contributed by atoms with Crippen LogP contribution in [0, 0.1) is 0 Å². The molecular formula is C21H19ClN2O3S. The average molecular weight is 415 g/mol. The van der Waals surface area contributed by atoms with Gasteiger partial charge in [0.25, 0.3) is 5.56 Å². The van der Waals surface area contributed by atoms with Crippen molar-refractivity contribution in [2.75, 3.05) is 13.2 Å². The van der Waals surface area contributed by atoms with Gasteiger partial charge in [-0.05, 0) is 29.8 Å². The summed E-state index contributed by atoms with van der Waals surface area (Å²) >= 11 is 7.87. The van der Waals surface area contributed by atoms with Gasteiger partial charge in [0.2, 0.25) is 0 Å². The number of para-hydroxylation sites is 1. The van der Waals surface area contributed by atoms with Crippen molar-refractivity contribution in [3.8, 4) is 11.5 Å². The van der Waals surface area contributed by atoms with E-state index in [0.29, 0.717) is 58.1 Å². The summed E-state index contributed by atoms with van der Waals surface area (Å²) in [4.78, 5) is 17.5. The minimum Gasteiger partial charge on any atom is -0.489 e. The number of aromatic nitrogens is 2. The lowest BCUT2D eigenvalue weighted by Crippen LogP contribution is -2.22. The monoisotopic (exact) mass is 414 g/mol. The second kappa shape index (κ2) is 8.29. The van der Waals surface area contributed by atoms with Crippen molar-refractivity contribution in [1.82, 2.24) is 9.55 Å². The minimum absolute atomic E-state index is 0.0651. The van der Waals surface area contributed by atoms with Crippen LogP contribution in [0.5, 0.6) is 11.5 Å². The fourth-order valence-corrected chi connectivity index (χ4v) is 4.29. The van der Waals surface area contributed by atoms with Crippen LogP contribution in [-0.4, -0.2) is 22.8 Å².